The van der Waals surface area contributed by atoms with Crippen LogP contribution in [0.2, 0.25) is 0 Å². The molecule has 0 aliphatic heterocycles. The fraction of sp³-hybridized carbons (Fsp3) is 0.882. The zero-order valence-corrected chi connectivity index (χ0v) is 15.1. The van der Waals surface area contributed by atoms with Crippen LogP contribution in [0.25, 0.3) is 0 Å². The number of aliphatic hydroxyl groups excluding tert-OH is 1. The summed E-state index contributed by atoms with van der Waals surface area (Å²) < 4.78 is 0. The number of aliphatic hydroxyl groups is 2. The van der Waals surface area contributed by atoms with Crippen LogP contribution in [0.4, 0.5) is 0 Å². The highest BCUT2D eigenvalue weighted by atomic mass is 16.5. The van der Waals surface area contributed by atoms with Gasteiger partial charge in [0.1, 0.15) is 6.79 Å². The lowest BCUT2D eigenvalue weighted by atomic mass is 10.00. The lowest BCUT2D eigenvalue weighted by Crippen LogP contribution is -2.11. The van der Waals surface area contributed by atoms with Crippen LogP contribution >= 0.6 is 0 Å². The van der Waals surface area contributed by atoms with Gasteiger partial charge in [-0.05, 0) is 25.7 Å². The number of hydrogen-bond acceptors (Lipinski definition) is 4. The average molecular weight is 336 g/mol. The van der Waals surface area contributed by atoms with E-state index >= 15 is 0 Å². The lowest BCUT2D eigenvalue weighted by Gasteiger charge is -2.06. The summed E-state index contributed by atoms with van der Waals surface area (Å²) in [5.74, 6) is -1.51. The summed E-state index contributed by atoms with van der Waals surface area (Å²) in [6.45, 7) is 7.26. The van der Waals surface area contributed by atoms with Gasteiger partial charge in [-0.1, -0.05) is 53.4 Å². The lowest BCUT2D eigenvalue weighted by molar-refractivity contribution is -0.143. The Morgan fingerprint density at radius 3 is 1.13 bits per heavy atom. The first-order chi connectivity index (χ1) is 10.9. The van der Waals surface area contributed by atoms with Crippen LogP contribution in [-0.2, 0) is 9.59 Å². The third-order valence-electron chi connectivity index (χ3n) is 3.50. The number of carbonyl (C=O) groups is 2. The van der Waals surface area contributed by atoms with E-state index in [2.05, 4.69) is 13.8 Å². The van der Waals surface area contributed by atoms with E-state index in [0.717, 1.165) is 51.4 Å². The first-order valence-electron chi connectivity index (χ1n) is 8.53. The molecule has 0 heterocycles. The molecular weight excluding hydrogens is 300 g/mol. The van der Waals surface area contributed by atoms with Crippen molar-refractivity contribution in [3.8, 4) is 0 Å². The highest BCUT2D eigenvalue weighted by molar-refractivity contribution is 5.70. The van der Waals surface area contributed by atoms with Crippen molar-refractivity contribution in [2.75, 3.05) is 6.79 Å². The first-order valence-corrected chi connectivity index (χ1v) is 8.53. The molecule has 0 aromatic carbocycles. The number of carboxylic acid groups (broad SMARTS) is 2. The topological polar surface area (TPSA) is 115 Å². The number of carboxylic acids is 2. The van der Waals surface area contributed by atoms with Gasteiger partial charge >= 0.3 is 11.9 Å². The minimum absolute atomic E-state index is 0.111. The van der Waals surface area contributed by atoms with Gasteiger partial charge in [0.15, 0.2) is 0 Å². The highest BCUT2D eigenvalue weighted by Crippen LogP contribution is 2.12. The van der Waals surface area contributed by atoms with Crippen molar-refractivity contribution in [1.29, 1.82) is 0 Å². The Morgan fingerprint density at radius 1 is 0.739 bits per heavy atom. The van der Waals surface area contributed by atoms with Gasteiger partial charge in [0, 0.05) is 0 Å². The molecule has 0 spiro atoms. The SMILES string of the molecule is CCCCC(CC)C(=O)O.CCCCC(CC)C(=O)O.OCO. The second-order valence-corrected chi connectivity index (χ2v) is 5.31. The molecule has 2 atom stereocenters. The first kappa shape index (κ1) is 26.7. The maximum atomic E-state index is 10.4. The quantitative estimate of drug-likeness (QED) is 0.454. The van der Waals surface area contributed by atoms with E-state index < -0.39 is 18.7 Å². The van der Waals surface area contributed by atoms with Gasteiger partial charge in [-0.25, -0.2) is 0 Å². The number of aliphatic carboxylic acids is 2. The van der Waals surface area contributed by atoms with E-state index in [1.165, 1.54) is 0 Å². The summed E-state index contributed by atoms with van der Waals surface area (Å²) >= 11 is 0. The number of rotatable bonds is 10. The fourth-order valence-corrected chi connectivity index (χ4v) is 1.91. The summed E-state index contributed by atoms with van der Waals surface area (Å²) in [6.07, 6.45) is 7.43. The van der Waals surface area contributed by atoms with Crippen molar-refractivity contribution in [3.63, 3.8) is 0 Å². The summed E-state index contributed by atoms with van der Waals surface area (Å²) in [5, 5.41) is 31.4. The van der Waals surface area contributed by atoms with E-state index in [1.807, 2.05) is 13.8 Å². The van der Waals surface area contributed by atoms with Crippen LogP contribution < -0.4 is 0 Å². The Morgan fingerprint density at radius 2 is 1.00 bits per heavy atom. The molecular formula is C17H36O6. The molecule has 0 radical (unpaired) electrons. The zero-order valence-electron chi connectivity index (χ0n) is 15.1. The minimum Gasteiger partial charge on any atom is -0.481 e. The largest absolute Gasteiger partial charge is 0.481 e. The Balaban J connectivity index is -0.000000297. The smallest absolute Gasteiger partial charge is 0.306 e. The minimum atomic E-state index is -0.750. The van der Waals surface area contributed by atoms with Crippen molar-refractivity contribution in [2.24, 2.45) is 11.8 Å². The number of unbranched alkanes of at least 4 members (excludes halogenated alkanes) is 2. The monoisotopic (exact) mass is 336 g/mol. The predicted molar refractivity (Wildman–Crippen MR) is 91.2 cm³/mol. The maximum Gasteiger partial charge on any atom is 0.306 e. The number of hydrogen-bond donors (Lipinski definition) is 4. The molecule has 0 bridgehead atoms. The molecule has 0 aromatic heterocycles. The van der Waals surface area contributed by atoms with Crippen LogP contribution in [0, 0.1) is 11.8 Å². The van der Waals surface area contributed by atoms with Crippen LogP contribution in [-0.4, -0.2) is 39.2 Å². The van der Waals surface area contributed by atoms with Crippen LogP contribution in [0.3, 0.4) is 0 Å². The Bertz CT molecular complexity index is 242. The standard InChI is InChI=1S/2C8H16O2.CH4O2/c2*1-3-5-6-7(4-2)8(9)10;2-1-3/h2*7H,3-6H2,1-2H3,(H,9,10);2-3H,1H2. The molecule has 140 valence electrons. The van der Waals surface area contributed by atoms with Crippen LogP contribution in [0.5, 0.6) is 0 Å². The van der Waals surface area contributed by atoms with Crippen molar-refractivity contribution in [3.05, 3.63) is 0 Å². The Labute approximate surface area is 140 Å². The van der Waals surface area contributed by atoms with Crippen molar-refractivity contribution < 1.29 is 30.0 Å². The molecule has 0 rings (SSSR count). The van der Waals surface area contributed by atoms with E-state index in [-0.39, 0.29) is 11.8 Å². The molecule has 4 N–H and O–H groups in total. The zero-order chi connectivity index (χ0) is 18.7. The second-order valence-electron chi connectivity index (χ2n) is 5.31. The molecule has 0 aliphatic rings. The van der Waals surface area contributed by atoms with Gasteiger partial charge < -0.3 is 20.4 Å². The maximum absolute atomic E-state index is 10.4. The van der Waals surface area contributed by atoms with Gasteiger partial charge in [0.25, 0.3) is 0 Å². The fourth-order valence-electron chi connectivity index (χ4n) is 1.91. The molecule has 2 unspecified atom stereocenters. The van der Waals surface area contributed by atoms with Crippen LogP contribution in [0.15, 0.2) is 0 Å². The summed E-state index contributed by atoms with van der Waals surface area (Å²) in [6, 6.07) is 0. The van der Waals surface area contributed by atoms with Gasteiger partial charge in [-0.2, -0.15) is 0 Å². The second kappa shape index (κ2) is 20.9. The van der Waals surface area contributed by atoms with Crippen molar-refractivity contribution >= 4 is 11.9 Å². The third kappa shape index (κ3) is 20.9. The molecule has 23 heavy (non-hydrogen) atoms. The summed E-state index contributed by atoms with van der Waals surface area (Å²) in [4.78, 5) is 20.9. The summed E-state index contributed by atoms with van der Waals surface area (Å²) in [7, 11) is 0. The Kier molecular flexibility index (Phi) is 24.3. The average Bonchev–Trinajstić information content (AvgIpc) is 2.49. The molecule has 0 amide bonds. The molecule has 0 saturated heterocycles. The summed E-state index contributed by atoms with van der Waals surface area (Å²) in [5.41, 5.74) is 0. The molecule has 0 fully saturated rings. The highest BCUT2D eigenvalue weighted by Gasteiger charge is 2.13. The van der Waals surface area contributed by atoms with E-state index in [0.29, 0.717) is 0 Å². The molecule has 0 saturated carbocycles. The van der Waals surface area contributed by atoms with E-state index in [1.54, 1.807) is 0 Å². The molecule has 6 nitrogen and oxygen atoms in total. The van der Waals surface area contributed by atoms with Gasteiger partial charge in [0.2, 0.25) is 0 Å². The van der Waals surface area contributed by atoms with Crippen molar-refractivity contribution in [2.45, 2.75) is 79.1 Å². The molecule has 0 aromatic rings. The van der Waals surface area contributed by atoms with E-state index in [4.69, 9.17) is 20.4 Å². The normalized spacial score (nSPS) is 12.1. The van der Waals surface area contributed by atoms with Crippen molar-refractivity contribution in [1.82, 2.24) is 0 Å². The van der Waals surface area contributed by atoms with Gasteiger partial charge in [0.05, 0.1) is 11.8 Å². The Hall–Kier alpha value is -1.14. The molecule has 6 heteroatoms. The third-order valence-corrected chi connectivity index (χ3v) is 3.50. The predicted octanol–water partition coefficient (Wildman–Crippen LogP) is 3.50. The van der Waals surface area contributed by atoms with Crippen LogP contribution in [0.1, 0.15) is 79.1 Å². The molecule has 0 aliphatic carbocycles. The van der Waals surface area contributed by atoms with E-state index in [9.17, 15) is 9.59 Å². The van der Waals surface area contributed by atoms with Gasteiger partial charge in [-0.15, -0.1) is 0 Å². The van der Waals surface area contributed by atoms with Gasteiger partial charge in [-0.3, -0.25) is 9.59 Å².